The Morgan fingerprint density at radius 2 is 2.12 bits per heavy atom. The predicted molar refractivity (Wildman–Crippen MR) is 65.0 cm³/mol. The van der Waals surface area contributed by atoms with E-state index in [2.05, 4.69) is 0 Å². The summed E-state index contributed by atoms with van der Waals surface area (Å²) < 4.78 is 5.46. The van der Waals surface area contributed by atoms with E-state index in [4.69, 9.17) is 9.84 Å². The second-order valence-electron chi connectivity index (χ2n) is 4.63. The van der Waals surface area contributed by atoms with E-state index < -0.39 is 5.97 Å². The van der Waals surface area contributed by atoms with Gasteiger partial charge in [-0.05, 0) is 36.3 Å². The summed E-state index contributed by atoms with van der Waals surface area (Å²) in [5, 5.41) is 8.87. The molecule has 1 saturated heterocycles. The molecule has 0 aromatic heterocycles. The van der Waals surface area contributed by atoms with Gasteiger partial charge in [-0.15, -0.1) is 0 Å². The first-order chi connectivity index (χ1) is 8.25. The van der Waals surface area contributed by atoms with Crippen molar-refractivity contribution >= 4 is 5.97 Å². The van der Waals surface area contributed by atoms with Gasteiger partial charge in [-0.2, -0.15) is 0 Å². The van der Waals surface area contributed by atoms with Gasteiger partial charge in [0.05, 0.1) is 6.42 Å². The smallest absolute Gasteiger partial charge is 0.307 e. The fourth-order valence-electron chi connectivity index (χ4n) is 2.37. The number of benzene rings is 1. The number of hydrogen-bond acceptors (Lipinski definition) is 2. The van der Waals surface area contributed by atoms with Crippen LogP contribution in [0.4, 0.5) is 0 Å². The van der Waals surface area contributed by atoms with Gasteiger partial charge in [0.1, 0.15) is 0 Å². The number of aliphatic carboxylic acids is 1. The van der Waals surface area contributed by atoms with Crippen molar-refractivity contribution in [1.82, 2.24) is 0 Å². The van der Waals surface area contributed by atoms with Gasteiger partial charge in [0, 0.05) is 13.2 Å². The highest BCUT2D eigenvalue weighted by molar-refractivity contribution is 5.70. The van der Waals surface area contributed by atoms with Crippen molar-refractivity contribution in [3.8, 4) is 0 Å². The number of rotatable bonds is 4. The summed E-state index contributed by atoms with van der Waals surface area (Å²) in [4.78, 5) is 10.8. The Balaban J connectivity index is 2.05. The minimum atomic E-state index is -0.766. The normalized spacial score (nSPS) is 20.1. The molecule has 1 aliphatic heterocycles. The number of carboxylic acid groups (broad SMARTS) is 1. The molecule has 0 radical (unpaired) electrons. The Bertz CT molecular complexity index is 381. The van der Waals surface area contributed by atoms with Gasteiger partial charge in [0.2, 0.25) is 0 Å². The minimum absolute atomic E-state index is 0.115. The molecule has 1 aromatic carbocycles. The molecule has 2 rings (SSSR count). The summed E-state index contributed by atoms with van der Waals surface area (Å²) >= 11 is 0. The molecular formula is C14H18O3. The lowest BCUT2D eigenvalue weighted by molar-refractivity contribution is -0.136. The van der Waals surface area contributed by atoms with Crippen LogP contribution in [-0.2, 0) is 22.4 Å². The number of hydrogen-bond donors (Lipinski definition) is 1. The van der Waals surface area contributed by atoms with E-state index in [9.17, 15) is 4.79 Å². The second-order valence-corrected chi connectivity index (χ2v) is 4.63. The molecule has 0 aliphatic carbocycles. The number of carbonyl (C=O) groups is 1. The lowest BCUT2D eigenvalue weighted by Gasteiger charge is -2.22. The molecule has 0 saturated carbocycles. The molecule has 1 heterocycles. The monoisotopic (exact) mass is 234 g/mol. The van der Waals surface area contributed by atoms with Crippen LogP contribution >= 0.6 is 0 Å². The maximum Gasteiger partial charge on any atom is 0.307 e. The highest BCUT2D eigenvalue weighted by atomic mass is 16.5. The van der Waals surface area contributed by atoms with Gasteiger partial charge < -0.3 is 9.84 Å². The third kappa shape index (κ3) is 3.56. The van der Waals surface area contributed by atoms with E-state index in [-0.39, 0.29) is 6.42 Å². The molecule has 3 heteroatoms. The fraction of sp³-hybridized carbons (Fsp3) is 0.500. The number of carboxylic acids is 1. The summed E-state index contributed by atoms with van der Waals surface area (Å²) in [6.45, 7) is 1.68. The van der Waals surface area contributed by atoms with Crippen LogP contribution in [0.5, 0.6) is 0 Å². The molecular weight excluding hydrogens is 216 g/mol. The summed E-state index contributed by atoms with van der Waals surface area (Å²) in [5.41, 5.74) is 2.09. The zero-order valence-corrected chi connectivity index (χ0v) is 9.89. The zero-order chi connectivity index (χ0) is 12.1. The van der Waals surface area contributed by atoms with E-state index in [1.165, 1.54) is 6.42 Å². The summed E-state index contributed by atoms with van der Waals surface area (Å²) in [6, 6.07) is 7.82. The van der Waals surface area contributed by atoms with Crippen LogP contribution in [0.15, 0.2) is 24.3 Å². The minimum Gasteiger partial charge on any atom is -0.481 e. The Kier molecular flexibility index (Phi) is 4.15. The van der Waals surface area contributed by atoms with Gasteiger partial charge in [-0.3, -0.25) is 4.79 Å². The van der Waals surface area contributed by atoms with E-state index in [0.29, 0.717) is 5.92 Å². The second kappa shape index (κ2) is 5.82. The maximum absolute atomic E-state index is 10.8. The standard InChI is InChI=1S/C14H18O3/c15-14(16)9-13-6-2-1-5-12(13)8-11-4-3-7-17-10-11/h1-2,5-6,11H,3-4,7-10H2,(H,15,16). The lowest BCUT2D eigenvalue weighted by atomic mass is 9.91. The maximum atomic E-state index is 10.8. The van der Waals surface area contributed by atoms with E-state index in [0.717, 1.165) is 37.2 Å². The topological polar surface area (TPSA) is 46.5 Å². The molecule has 3 nitrogen and oxygen atoms in total. The van der Waals surface area contributed by atoms with Crippen molar-refractivity contribution in [2.45, 2.75) is 25.7 Å². The van der Waals surface area contributed by atoms with Crippen LogP contribution in [0, 0.1) is 5.92 Å². The fourth-order valence-corrected chi connectivity index (χ4v) is 2.37. The first-order valence-corrected chi connectivity index (χ1v) is 6.12. The average Bonchev–Trinajstić information content (AvgIpc) is 2.32. The van der Waals surface area contributed by atoms with E-state index >= 15 is 0 Å². The number of ether oxygens (including phenoxy) is 1. The van der Waals surface area contributed by atoms with Crippen molar-refractivity contribution in [1.29, 1.82) is 0 Å². The quantitative estimate of drug-likeness (QED) is 0.869. The molecule has 1 aliphatic rings. The largest absolute Gasteiger partial charge is 0.481 e. The molecule has 17 heavy (non-hydrogen) atoms. The van der Waals surface area contributed by atoms with E-state index in [1.807, 2.05) is 24.3 Å². The summed E-state index contributed by atoms with van der Waals surface area (Å²) in [6.07, 6.45) is 3.35. The van der Waals surface area contributed by atoms with Crippen LogP contribution in [0.25, 0.3) is 0 Å². The molecule has 1 unspecified atom stereocenters. The lowest BCUT2D eigenvalue weighted by Crippen LogP contribution is -2.20. The Labute approximate surface area is 101 Å². The van der Waals surface area contributed by atoms with Crippen LogP contribution in [0.1, 0.15) is 24.0 Å². The third-order valence-electron chi connectivity index (χ3n) is 3.22. The average molecular weight is 234 g/mol. The predicted octanol–water partition coefficient (Wildman–Crippen LogP) is 2.28. The van der Waals surface area contributed by atoms with Crippen LogP contribution in [0.2, 0.25) is 0 Å². The molecule has 1 N–H and O–H groups in total. The SMILES string of the molecule is O=C(O)Cc1ccccc1CC1CCCOC1. The van der Waals surface area contributed by atoms with Crippen molar-refractivity contribution in [3.63, 3.8) is 0 Å². The summed E-state index contributed by atoms with van der Waals surface area (Å²) in [5.74, 6) is -0.226. The van der Waals surface area contributed by atoms with Crippen LogP contribution < -0.4 is 0 Å². The first-order valence-electron chi connectivity index (χ1n) is 6.12. The van der Waals surface area contributed by atoms with Crippen molar-refractivity contribution < 1.29 is 14.6 Å². The molecule has 0 amide bonds. The highest BCUT2D eigenvalue weighted by Crippen LogP contribution is 2.21. The first kappa shape index (κ1) is 12.1. The van der Waals surface area contributed by atoms with Gasteiger partial charge in [-0.25, -0.2) is 0 Å². The van der Waals surface area contributed by atoms with Crippen molar-refractivity contribution in [2.75, 3.05) is 13.2 Å². The van der Waals surface area contributed by atoms with Crippen molar-refractivity contribution in [2.24, 2.45) is 5.92 Å². The van der Waals surface area contributed by atoms with Gasteiger partial charge in [0.25, 0.3) is 0 Å². The Morgan fingerprint density at radius 3 is 2.76 bits per heavy atom. The third-order valence-corrected chi connectivity index (χ3v) is 3.22. The van der Waals surface area contributed by atoms with Gasteiger partial charge in [0.15, 0.2) is 0 Å². The molecule has 0 spiro atoms. The van der Waals surface area contributed by atoms with Gasteiger partial charge >= 0.3 is 5.97 Å². The van der Waals surface area contributed by atoms with E-state index in [1.54, 1.807) is 0 Å². The summed E-state index contributed by atoms with van der Waals surface area (Å²) in [7, 11) is 0. The van der Waals surface area contributed by atoms with Crippen LogP contribution in [-0.4, -0.2) is 24.3 Å². The molecule has 1 atom stereocenters. The highest BCUT2D eigenvalue weighted by Gasteiger charge is 2.16. The zero-order valence-electron chi connectivity index (χ0n) is 9.89. The van der Waals surface area contributed by atoms with Crippen molar-refractivity contribution in [3.05, 3.63) is 35.4 Å². The van der Waals surface area contributed by atoms with Gasteiger partial charge in [-0.1, -0.05) is 24.3 Å². The molecule has 92 valence electrons. The van der Waals surface area contributed by atoms with Crippen LogP contribution in [0.3, 0.4) is 0 Å². The Morgan fingerprint density at radius 1 is 1.35 bits per heavy atom. The molecule has 0 bridgehead atoms. The molecule has 1 aromatic rings. The Hall–Kier alpha value is -1.35. The molecule has 1 fully saturated rings.